The molecular weight excluding hydrogens is 484 g/mol. The van der Waals surface area contributed by atoms with Crippen molar-refractivity contribution in [3.8, 4) is 0 Å². The van der Waals surface area contributed by atoms with Gasteiger partial charge in [-0.2, -0.15) is 0 Å². The summed E-state index contributed by atoms with van der Waals surface area (Å²) in [6, 6.07) is 48.4. The molecule has 0 bridgehead atoms. The summed E-state index contributed by atoms with van der Waals surface area (Å²) >= 11 is 0. The van der Waals surface area contributed by atoms with Crippen LogP contribution in [0.15, 0.2) is 133 Å². The second-order valence-electron chi connectivity index (χ2n) is 10.7. The third-order valence-electron chi connectivity index (χ3n) is 7.36. The predicted octanol–water partition coefficient (Wildman–Crippen LogP) is 11.0. The molecule has 0 atom stereocenters. The normalized spacial score (nSPS) is 11.0. The Morgan fingerprint density at radius 1 is 0.300 bits per heavy atom. The Morgan fingerprint density at radius 3 is 0.850 bits per heavy atom. The molecule has 6 rings (SSSR count). The van der Waals surface area contributed by atoms with Crippen molar-refractivity contribution in [2.24, 2.45) is 0 Å². The molecule has 0 aliphatic carbocycles. The molecule has 0 aromatic heterocycles. The van der Waals surface area contributed by atoms with Gasteiger partial charge in [-0.15, -0.1) is 0 Å². The van der Waals surface area contributed by atoms with Crippen molar-refractivity contribution < 1.29 is 0 Å². The van der Waals surface area contributed by atoms with Crippen LogP contribution in [0, 0.1) is 27.7 Å². The first-order valence-corrected chi connectivity index (χ1v) is 13.9. The van der Waals surface area contributed by atoms with Crippen LogP contribution in [0.1, 0.15) is 22.3 Å². The Kier molecular flexibility index (Phi) is 6.84. The highest BCUT2D eigenvalue weighted by Crippen LogP contribution is 2.40. The summed E-state index contributed by atoms with van der Waals surface area (Å²) < 4.78 is 0. The molecule has 0 heterocycles. The maximum Gasteiger partial charge on any atom is 0.0468 e. The van der Waals surface area contributed by atoms with Crippen LogP contribution in [-0.4, -0.2) is 0 Å². The first-order valence-electron chi connectivity index (χ1n) is 13.9. The van der Waals surface area contributed by atoms with Crippen molar-refractivity contribution in [3.63, 3.8) is 0 Å². The molecule has 0 amide bonds. The van der Waals surface area contributed by atoms with E-state index in [-0.39, 0.29) is 0 Å². The minimum atomic E-state index is 1.14. The number of hydrogen-bond donors (Lipinski definition) is 0. The molecule has 40 heavy (non-hydrogen) atoms. The predicted molar refractivity (Wildman–Crippen MR) is 172 cm³/mol. The second kappa shape index (κ2) is 10.7. The highest BCUT2D eigenvalue weighted by atomic mass is 15.1. The molecule has 6 aromatic rings. The SMILES string of the molecule is Cc1cccc(N(c2cccc(C)c2)c2ccc3cc(N(c4cccc(C)c4)c4cccc(C)c4)ccc3c2)c1. The van der Waals surface area contributed by atoms with Gasteiger partial charge in [-0.1, -0.05) is 60.7 Å². The fourth-order valence-electron chi connectivity index (χ4n) is 5.46. The van der Waals surface area contributed by atoms with Gasteiger partial charge in [0.05, 0.1) is 0 Å². The van der Waals surface area contributed by atoms with Gasteiger partial charge in [-0.3, -0.25) is 0 Å². The Balaban J connectivity index is 1.46. The van der Waals surface area contributed by atoms with E-state index in [1.165, 1.54) is 33.0 Å². The number of fused-ring (bicyclic) bond motifs is 1. The zero-order valence-corrected chi connectivity index (χ0v) is 23.6. The van der Waals surface area contributed by atoms with Gasteiger partial charge in [0.25, 0.3) is 0 Å². The number of hydrogen-bond acceptors (Lipinski definition) is 2. The summed E-state index contributed by atoms with van der Waals surface area (Å²) in [6.07, 6.45) is 0. The van der Waals surface area contributed by atoms with Crippen molar-refractivity contribution in [3.05, 3.63) is 156 Å². The summed E-state index contributed by atoms with van der Waals surface area (Å²) in [4.78, 5) is 4.69. The molecule has 6 aromatic carbocycles. The molecular formula is C38H34N2. The van der Waals surface area contributed by atoms with E-state index in [0.717, 1.165) is 34.1 Å². The van der Waals surface area contributed by atoms with Crippen molar-refractivity contribution in [2.45, 2.75) is 27.7 Å². The summed E-state index contributed by atoms with van der Waals surface area (Å²) in [7, 11) is 0. The van der Waals surface area contributed by atoms with Crippen LogP contribution in [0.25, 0.3) is 10.8 Å². The standard InChI is InChI=1S/C38H34N2/c1-27-9-5-13-33(21-27)39(34-14-6-10-28(2)22-34)37-19-17-32-26-38(20-18-31(32)25-37)40(35-15-7-11-29(3)23-35)36-16-8-12-30(4)24-36/h5-26H,1-4H3. The summed E-state index contributed by atoms with van der Waals surface area (Å²) in [5.41, 5.74) is 11.9. The molecule has 0 fully saturated rings. The molecule has 0 saturated carbocycles. The highest BCUT2D eigenvalue weighted by Gasteiger charge is 2.16. The lowest BCUT2D eigenvalue weighted by Crippen LogP contribution is -2.11. The van der Waals surface area contributed by atoms with E-state index in [1.54, 1.807) is 0 Å². The number of benzene rings is 6. The maximum atomic E-state index is 2.35. The number of rotatable bonds is 6. The second-order valence-corrected chi connectivity index (χ2v) is 10.7. The van der Waals surface area contributed by atoms with Gasteiger partial charge in [-0.05, 0) is 134 Å². The summed E-state index contributed by atoms with van der Waals surface area (Å²) in [5.74, 6) is 0. The lowest BCUT2D eigenvalue weighted by Gasteiger charge is -2.27. The Hall–Kier alpha value is -4.82. The van der Waals surface area contributed by atoms with Crippen molar-refractivity contribution in [1.82, 2.24) is 0 Å². The van der Waals surface area contributed by atoms with Crippen molar-refractivity contribution in [1.29, 1.82) is 0 Å². The van der Waals surface area contributed by atoms with E-state index in [9.17, 15) is 0 Å². The fraction of sp³-hybridized carbons (Fsp3) is 0.105. The van der Waals surface area contributed by atoms with Crippen LogP contribution in [0.4, 0.5) is 34.1 Å². The summed E-state index contributed by atoms with van der Waals surface area (Å²) in [6.45, 7) is 8.59. The van der Waals surface area contributed by atoms with E-state index in [2.05, 4.69) is 171 Å². The van der Waals surface area contributed by atoms with Crippen LogP contribution < -0.4 is 9.80 Å². The average Bonchev–Trinajstić information content (AvgIpc) is 2.94. The zero-order chi connectivity index (χ0) is 27.6. The van der Waals surface area contributed by atoms with E-state index in [4.69, 9.17) is 0 Å². The largest absolute Gasteiger partial charge is 0.310 e. The lowest BCUT2D eigenvalue weighted by molar-refractivity contribution is 1.26. The third kappa shape index (κ3) is 5.21. The van der Waals surface area contributed by atoms with Crippen LogP contribution in [0.2, 0.25) is 0 Å². The molecule has 2 heteroatoms. The van der Waals surface area contributed by atoms with Gasteiger partial charge >= 0.3 is 0 Å². The minimum absolute atomic E-state index is 1.14. The van der Waals surface area contributed by atoms with Crippen LogP contribution in [0.5, 0.6) is 0 Å². The van der Waals surface area contributed by atoms with Gasteiger partial charge in [0.1, 0.15) is 0 Å². The highest BCUT2D eigenvalue weighted by molar-refractivity contribution is 5.93. The minimum Gasteiger partial charge on any atom is -0.310 e. The molecule has 0 aliphatic heterocycles. The molecule has 0 aliphatic rings. The van der Waals surface area contributed by atoms with E-state index >= 15 is 0 Å². The third-order valence-corrected chi connectivity index (χ3v) is 7.36. The molecule has 0 radical (unpaired) electrons. The Labute approximate surface area is 237 Å². The van der Waals surface area contributed by atoms with E-state index in [1.807, 2.05) is 0 Å². The summed E-state index contributed by atoms with van der Waals surface area (Å²) in [5, 5.41) is 2.42. The van der Waals surface area contributed by atoms with Gasteiger partial charge < -0.3 is 9.80 Å². The van der Waals surface area contributed by atoms with Gasteiger partial charge in [0.2, 0.25) is 0 Å². The van der Waals surface area contributed by atoms with Crippen LogP contribution in [-0.2, 0) is 0 Å². The first kappa shape index (κ1) is 25.5. The van der Waals surface area contributed by atoms with E-state index < -0.39 is 0 Å². The Bertz CT molecular complexity index is 1590. The molecule has 0 unspecified atom stereocenters. The Morgan fingerprint density at radius 2 is 0.575 bits per heavy atom. The van der Waals surface area contributed by atoms with Crippen molar-refractivity contribution >= 4 is 44.9 Å². The van der Waals surface area contributed by atoms with Gasteiger partial charge in [-0.25, -0.2) is 0 Å². The number of anilines is 6. The fourth-order valence-corrected chi connectivity index (χ4v) is 5.46. The quantitative estimate of drug-likeness (QED) is 0.216. The van der Waals surface area contributed by atoms with Crippen molar-refractivity contribution in [2.75, 3.05) is 9.80 Å². The number of aryl methyl sites for hydroxylation is 4. The average molecular weight is 519 g/mol. The van der Waals surface area contributed by atoms with Crippen LogP contribution >= 0.6 is 0 Å². The van der Waals surface area contributed by atoms with Gasteiger partial charge in [0, 0.05) is 34.1 Å². The monoisotopic (exact) mass is 518 g/mol. The smallest absolute Gasteiger partial charge is 0.0468 e. The molecule has 0 N–H and O–H groups in total. The first-order chi connectivity index (χ1) is 19.4. The van der Waals surface area contributed by atoms with E-state index in [0.29, 0.717) is 0 Å². The molecule has 0 spiro atoms. The topological polar surface area (TPSA) is 6.48 Å². The number of nitrogens with zero attached hydrogens (tertiary/aromatic N) is 2. The van der Waals surface area contributed by atoms with Gasteiger partial charge in [0.15, 0.2) is 0 Å². The zero-order valence-electron chi connectivity index (χ0n) is 23.6. The molecule has 0 saturated heterocycles. The lowest BCUT2D eigenvalue weighted by atomic mass is 10.0. The van der Waals surface area contributed by atoms with Crippen LogP contribution in [0.3, 0.4) is 0 Å². The molecule has 196 valence electrons. The molecule has 2 nitrogen and oxygen atoms in total. The maximum absolute atomic E-state index is 2.35.